The Kier molecular flexibility index (Phi) is 3.56. The molecule has 0 atom stereocenters. The fourth-order valence-corrected chi connectivity index (χ4v) is 2.12. The van der Waals surface area contributed by atoms with Gasteiger partial charge in [0, 0.05) is 37.0 Å². The van der Waals surface area contributed by atoms with Crippen LogP contribution in [0.1, 0.15) is 35.4 Å². The quantitative estimate of drug-likeness (QED) is 0.890. The zero-order valence-corrected chi connectivity index (χ0v) is 11.3. The van der Waals surface area contributed by atoms with E-state index in [4.69, 9.17) is 0 Å². The molecule has 0 saturated heterocycles. The lowest BCUT2D eigenvalue weighted by atomic mass is 10.1. The van der Waals surface area contributed by atoms with Gasteiger partial charge in [0.1, 0.15) is 5.82 Å². The molecule has 1 aromatic heterocycles. The van der Waals surface area contributed by atoms with E-state index in [-0.39, 0.29) is 0 Å². The standard InChI is InChI=1S/C16H19N3/c1-12-3-2-4-13(7-12)8-16-18-10-14(11-19-16)9-17-15-5-6-15/h2-4,7,10-11,15,17H,5-6,8-9H2,1H3. The number of benzene rings is 1. The summed E-state index contributed by atoms with van der Waals surface area (Å²) in [5, 5.41) is 3.47. The Hall–Kier alpha value is -1.74. The maximum atomic E-state index is 4.45. The first-order chi connectivity index (χ1) is 9.29. The number of rotatable bonds is 5. The lowest BCUT2D eigenvalue weighted by Crippen LogP contribution is -2.15. The van der Waals surface area contributed by atoms with Crippen LogP contribution in [-0.2, 0) is 13.0 Å². The van der Waals surface area contributed by atoms with Gasteiger partial charge < -0.3 is 5.32 Å². The summed E-state index contributed by atoms with van der Waals surface area (Å²) in [6.45, 7) is 2.99. The highest BCUT2D eigenvalue weighted by Gasteiger charge is 2.19. The zero-order valence-electron chi connectivity index (χ0n) is 11.3. The van der Waals surface area contributed by atoms with Crippen molar-refractivity contribution in [2.75, 3.05) is 0 Å². The van der Waals surface area contributed by atoms with Gasteiger partial charge in [0.25, 0.3) is 0 Å². The van der Waals surface area contributed by atoms with Gasteiger partial charge in [-0.25, -0.2) is 9.97 Å². The van der Waals surface area contributed by atoms with Gasteiger partial charge in [0.05, 0.1) is 0 Å². The van der Waals surface area contributed by atoms with Crippen LogP contribution in [0.25, 0.3) is 0 Å². The Morgan fingerprint density at radius 2 is 1.95 bits per heavy atom. The summed E-state index contributed by atoms with van der Waals surface area (Å²) in [6.07, 6.45) is 7.30. The molecule has 98 valence electrons. The Morgan fingerprint density at radius 3 is 2.63 bits per heavy atom. The first-order valence-electron chi connectivity index (χ1n) is 6.88. The fourth-order valence-electron chi connectivity index (χ4n) is 2.12. The third-order valence-electron chi connectivity index (χ3n) is 3.38. The number of aryl methyl sites for hydroxylation is 1. The fraction of sp³-hybridized carbons (Fsp3) is 0.375. The molecule has 0 amide bonds. The van der Waals surface area contributed by atoms with Crippen molar-refractivity contribution in [2.24, 2.45) is 0 Å². The summed E-state index contributed by atoms with van der Waals surface area (Å²) in [5.41, 5.74) is 3.71. The van der Waals surface area contributed by atoms with E-state index in [1.54, 1.807) is 0 Å². The van der Waals surface area contributed by atoms with Crippen LogP contribution in [-0.4, -0.2) is 16.0 Å². The molecule has 3 rings (SSSR count). The minimum atomic E-state index is 0.729. The highest BCUT2D eigenvalue weighted by atomic mass is 15.0. The molecule has 1 N–H and O–H groups in total. The summed E-state index contributed by atoms with van der Waals surface area (Å²) < 4.78 is 0. The molecule has 3 heteroatoms. The van der Waals surface area contributed by atoms with Crippen molar-refractivity contribution in [3.8, 4) is 0 Å². The van der Waals surface area contributed by atoms with Crippen molar-refractivity contribution < 1.29 is 0 Å². The molecule has 3 nitrogen and oxygen atoms in total. The summed E-state index contributed by atoms with van der Waals surface area (Å²) >= 11 is 0. The second-order valence-electron chi connectivity index (χ2n) is 5.33. The van der Waals surface area contributed by atoms with E-state index >= 15 is 0 Å². The molecular weight excluding hydrogens is 234 g/mol. The van der Waals surface area contributed by atoms with Gasteiger partial charge in [-0.3, -0.25) is 0 Å². The van der Waals surface area contributed by atoms with Gasteiger partial charge >= 0.3 is 0 Å². The molecule has 1 saturated carbocycles. The van der Waals surface area contributed by atoms with Gasteiger partial charge in [0.15, 0.2) is 0 Å². The second-order valence-corrected chi connectivity index (χ2v) is 5.33. The van der Waals surface area contributed by atoms with E-state index in [0.29, 0.717) is 0 Å². The highest BCUT2D eigenvalue weighted by Crippen LogP contribution is 2.19. The average molecular weight is 253 g/mol. The van der Waals surface area contributed by atoms with Crippen molar-refractivity contribution in [3.05, 3.63) is 59.2 Å². The largest absolute Gasteiger partial charge is 0.310 e. The van der Waals surface area contributed by atoms with Crippen LogP contribution in [0, 0.1) is 6.92 Å². The predicted molar refractivity (Wildman–Crippen MR) is 75.9 cm³/mol. The second kappa shape index (κ2) is 5.49. The molecule has 0 unspecified atom stereocenters. The molecule has 1 aliphatic rings. The molecule has 0 bridgehead atoms. The van der Waals surface area contributed by atoms with Crippen LogP contribution in [0.3, 0.4) is 0 Å². The molecule has 19 heavy (non-hydrogen) atoms. The Morgan fingerprint density at radius 1 is 1.16 bits per heavy atom. The van der Waals surface area contributed by atoms with Gasteiger partial charge in [-0.1, -0.05) is 29.8 Å². The molecule has 0 aliphatic heterocycles. The molecule has 1 heterocycles. The van der Waals surface area contributed by atoms with Crippen LogP contribution in [0.5, 0.6) is 0 Å². The van der Waals surface area contributed by atoms with Crippen LogP contribution >= 0.6 is 0 Å². The molecule has 1 aromatic carbocycles. The third kappa shape index (κ3) is 3.61. The summed E-state index contributed by atoms with van der Waals surface area (Å²) in [7, 11) is 0. The van der Waals surface area contributed by atoms with Gasteiger partial charge in [-0.2, -0.15) is 0 Å². The monoisotopic (exact) mass is 253 g/mol. The Balaban J connectivity index is 1.61. The van der Waals surface area contributed by atoms with E-state index in [2.05, 4.69) is 46.5 Å². The normalized spacial score (nSPS) is 14.6. The Labute approximate surface area is 114 Å². The van der Waals surface area contributed by atoms with E-state index in [0.717, 1.165) is 24.8 Å². The number of aromatic nitrogens is 2. The topological polar surface area (TPSA) is 37.8 Å². The van der Waals surface area contributed by atoms with Crippen molar-refractivity contribution in [1.82, 2.24) is 15.3 Å². The van der Waals surface area contributed by atoms with Crippen molar-refractivity contribution in [2.45, 2.75) is 38.8 Å². The van der Waals surface area contributed by atoms with Gasteiger partial charge in [-0.15, -0.1) is 0 Å². The first kappa shape index (κ1) is 12.3. The summed E-state index contributed by atoms with van der Waals surface area (Å²) in [6, 6.07) is 9.23. The maximum absolute atomic E-state index is 4.45. The lowest BCUT2D eigenvalue weighted by molar-refractivity contribution is 0.681. The van der Waals surface area contributed by atoms with Gasteiger partial charge in [0.2, 0.25) is 0 Å². The van der Waals surface area contributed by atoms with E-state index in [1.807, 2.05) is 12.4 Å². The van der Waals surface area contributed by atoms with Crippen molar-refractivity contribution >= 4 is 0 Å². The molecule has 1 aliphatic carbocycles. The first-order valence-corrected chi connectivity index (χ1v) is 6.88. The van der Waals surface area contributed by atoms with Crippen LogP contribution in [0.15, 0.2) is 36.7 Å². The van der Waals surface area contributed by atoms with Crippen LogP contribution in [0.4, 0.5) is 0 Å². The highest BCUT2D eigenvalue weighted by molar-refractivity contribution is 5.24. The molecule has 1 fully saturated rings. The zero-order chi connectivity index (χ0) is 13.1. The summed E-state index contributed by atoms with van der Waals surface area (Å²) in [5.74, 6) is 0.890. The lowest BCUT2D eigenvalue weighted by Gasteiger charge is -2.04. The van der Waals surface area contributed by atoms with Gasteiger partial charge in [-0.05, 0) is 25.3 Å². The van der Waals surface area contributed by atoms with Crippen LogP contribution in [0.2, 0.25) is 0 Å². The van der Waals surface area contributed by atoms with E-state index in [9.17, 15) is 0 Å². The third-order valence-corrected chi connectivity index (χ3v) is 3.38. The Bertz CT molecular complexity index is 544. The number of hydrogen-bond donors (Lipinski definition) is 1. The molecule has 0 spiro atoms. The molecular formula is C16H19N3. The average Bonchev–Trinajstić information content (AvgIpc) is 3.22. The number of nitrogens with one attached hydrogen (secondary N) is 1. The van der Waals surface area contributed by atoms with Crippen LogP contribution < -0.4 is 5.32 Å². The predicted octanol–water partition coefficient (Wildman–Crippen LogP) is 2.63. The molecule has 0 radical (unpaired) electrons. The van der Waals surface area contributed by atoms with E-state index < -0.39 is 0 Å². The minimum absolute atomic E-state index is 0.729. The maximum Gasteiger partial charge on any atom is 0.132 e. The minimum Gasteiger partial charge on any atom is -0.310 e. The summed E-state index contributed by atoms with van der Waals surface area (Å²) in [4.78, 5) is 8.90. The number of hydrogen-bond acceptors (Lipinski definition) is 3. The SMILES string of the molecule is Cc1cccc(Cc2ncc(CNC3CC3)cn2)c1. The number of nitrogens with zero attached hydrogens (tertiary/aromatic N) is 2. The smallest absolute Gasteiger partial charge is 0.132 e. The van der Waals surface area contributed by atoms with Crippen molar-refractivity contribution in [1.29, 1.82) is 0 Å². The van der Waals surface area contributed by atoms with Crippen molar-refractivity contribution in [3.63, 3.8) is 0 Å². The molecule has 2 aromatic rings. The van der Waals surface area contributed by atoms with E-state index in [1.165, 1.54) is 29.5 Å².